The van der Waals surface area contributed by atoms with Crippen LogP contribution in [0.2, 0.25) is 0 Å². The lowest BCUT2D eigenvalue weighted by atomic mass is 9.48. The first-order chi connectivity index (χ1) is 9.08. The zero-order valence-corrected chi connectivity index (χ0v) is 12.7. The van der Waals surface area contributed by atoms with E-state index in [9.17, 15) is 9.59 Å². The number of hydrogen-bond donors (Lipinski definition) is 2. The molecule has 0 atom stereocenters. The number of nitrogens with two attached hydrogens (primary N) is 1. The van der Waals surface area contributed by atoms with Crippen molar-refractivity contribution < 1.29 is 4.79 Å². The van der Waals surface area contributed by atoms with Crippen LogP contribution in [0.25, 0.3) is 0 Å². The molecule has 0 unspecified atom stereocenters. The Kier molecular flexibility index (Phi) is 3.29. The minimum atomic E-state index is -0.222. The number of rotatable bonds is 2. The lowest BCUT2D eigenvalue weighted by Crippen LogP contribution is -2.76. The number of nitrogens with zero attached hydrogens (tertiary/aromatic N) is 1. The summed E-state index contributed by atoms with van der Waals surface area (Å²) in [5, 5.41) is 3.02. The van der Waals surface area contributed by atoms with Crippen molar-refractivity contribution in [3.8, 4) is 0 Å². The first kappa shape index (κ1) is 14.8. The molecule has 0 aromatic carbocycles. The summed E-state index contributed by atoms with van der Waals surface area (Å²) in [6.07, 6.45) is 1.60. The minimum Gasteiger partial charge on any atom is -0.348 e. The molecule has 110 valence electrons. The molecule has 3 N–H and O–H groups in total. The van der Waals surface area contributed by atoms with Gasteiger partial charge in [-0.2, -0.15) is 0 Å². The Hall–Kier alpha value is -1.62. The molecule has 2 rings (SSSR count). The van der Waals surface area contributed by atoms with Crippen LogP contribution in [0.1, 0.15) is 38.1 Å². The smallest absolute Gasteiger partial charge is 0.251 e. The molecule has 1 aliphatic rings. The number of amides is 1. The normalized spacial score (nSPS) is 26.7. The fraction of sp³-hybridized carbons (Fsp3) is 0.600. The van der Waals surface area contributed by atoms with E-state index in [1.165, 1.54) is 10.6 Å². The van der Waals surface area contributed by atoms with Gasteiger partial charge in [0.05, 0.1) is 0 Å². The van der Waals surface area contributed by atoms with E-state index in [0.29, 0.717) is 5.56 Å². The summed E-state index contributed by atoms with van der Waals surface area (Å²) >= 11 is 0. The molecule has 0 radical (unpaired) electrons. The van der Waals surface area contributed by atoms with Gasteiger partial charge in [0, 0.05) is 47.8 Å². The van der Waals surface area contributed by atoms with Crippen molar-refractivity contribution in [1.82, 2.24) is 9.88 Å². The van der Waals surface area contributed by atoms with Crippen LogP contribution in [-0.2, 0) is 7.05 Å². The minimum absolute atomic E-state index is 0.0124. The summed E-state index contributed by atoms with van der Waals surface area (Å²) < 4.78 is 1.43. The van der Waals surface area contributed by atoms with Crippen molar-refractivity contribution >= 4 is 5.91 Å². The van der Waals surface area contributed by atoms with Gasteiger partial charge in [0.1, 0.15) is 0 Å². The fourth-order valence-electron chi connectivity index (χ4n) is 3.46. The topological polar surface area (TPSA) is 77.1 Å². The molecule has 5 nitrogen and oxygen atoms in total. The van der Waals surface area contributed by atoms with Crippen LogP contribution < -0.4 is 16.6 Å². The number of pyridine rings is 1. The van der Waals surface area contributed by atoms with E-state index in [2.05, 4.69) is 33.0 Å². The lowest BCUT2D eigenvalue weighted by Gasteiger charge is -2.62. The highest BCUT2D eigenvalue weighted by Gasteiger charge is 2.60. The highest BCUT2D eigenvalue weighted by atomic mass is 16.2. The number of aryl methyl sites for hydroxylation is 1. The van der Waals surface area contributed by atoms with Gasteiger partial charge < -0.3 is 15.6 Å². The Morgan fingerprint density at radius 3 is 2.35 bits per heavy atom. The molecular weight excluding hydrogens is 254 g/mol. The lowest BCUT2D eigenvalue weighted by molar-refractivity contribution is -0.0663. The van der Waals surface area contributed by atoms with Crippen LogP contribution >= 0.6 is 0 Å². The SMILES string of the molecule is Cn1ccc(C(=O)NC2C(C)(C)C(N)C2(C)C)cc1=O. The Balaban J connectivity index is 2.20. The molecule has 0 aliphatic heterocycles. The number of nitrogens with one attached hydrogen (secondary N) is 1. The molecule has 1 aromatic rings. The van der Waals surface area contributed by atoms with E-state index < -0.39 is 0 Å². The van der Waals surface area contributed by atoms with Crippen LogP contribution in [0.5, 0.6) is 0 Å². The van der Waals surface area contributed by atoms with E-state index in [1.807, 2.05) is 0 Å². The molecule has 1 aromatic heterocycles. The van der Waals surface area contributed by atoms with Gasteiger partial charge in [-0.05, 0) is 6.07 Å². The Labute approximate surface area is 119 Å². The number of hydrogen-bond acceptors (Lipinski definition) is 3. The van der Waals surface area contributed by atoms with Crippen LogP contribution in [0.3, 0.4) is 0 Å². The average Bonchev–Trinajstić information content (AvgIpc) is 2.37. The van der Waals surface area contributed by atoms with Crippen LogP contribution in [-0.4, -0.2) is 22.6 Å². The fourth-order valence-corrected chi connectivity index (χ4v) is 3.46. The summed E-state index contributed by atoms with van der Waals surface area (Å²) in [6.45, 7) is 8.21. The van der Waals surface area contributed by atoms with Crippen molar-refractivity contribution in [2.45, 2.75) is 39.8 Å². The third-order valence-corrected chi connectivity index (χ3v) is 4.73. The molecule has 0 saturated heterocycles. The van der Waals surface area contributed by atoms with Crippen LogP contribution in [0.4, 0.5) is 0 Å². The maximum atomic E-state index is 12.3. The number of carbonyl (C=O) groups is 1. The summed E-state index contributed by atoms with van der Waals surface area (Å²) in [5.74, 6) is -0.222. The third kappa shape index (κ3) is 2.06. The van der Waals surface area contributed by atoms with E-state index in [1.54, 1.807) is 19.3 Å². The standard InChI is InChI=1S/C15H23N3O2/c1-14(2)12(16)15(3,4)13(14)17-11(20)9-6-7-18(5)10(19)8-9/h6-8,12-13H,16H2,1-5H3,(H,17,20). The molecule has 0 spiro atoms. The van der Waals surface area contributed by atoms with Gasteiger partial charge in [-0.15, -0.1) is 0 Å². The van der Waals surface area contributed by atoms with Gasteiger partial charge in [-0.1, -0.05) is 27.7 Å². The van der Waals surface area contributed by atoms with E-state index in [4.69, 9.17) is 5.73 Å². The highest BCUT2D eigenvalue weighted by molar-refractivity contribution is 5.94. The zero-order valence-electron chi connectivity index (χ0n) is 12.7. The van der Waals surface area contributed by atoms with Crippen molar-refractivity contribution in [1.29, 1.82) is 0 Å². The van der Waals surface area contributed by atoms with Gasteiger partial charge in [-0.3, -0.25) is 9.59 Å². The monoisotopic (exact) mass is 277 g/mol. The number of carbonyl (C=O) groups excluding carboxylic acids is 1. The Morgan fingerprint density at radius 2 is 1.85 bits per heavy atom. The van der Waals surface area contributed by atoms with Crippen molar-refractivity contribution in [2.75, 3.05) is 0 Å². The van der Waals surface area contributed by atoms with Gasteiger partial charge in [0.25, 0.3) is 11.5 Å². The summed E-state index contributed by atoms with van der Waals surface area (Å²) in [7, 11) is 1.65. The zero-order chi connectivity index (χ0) is 15.3. The second-order valence-electron chi connectivity index (χ2n) is 6.89. The predicted molar refractivity (Wildman–Crippen MR) is 78.5 cm³/mol. The maximum absolute atomic E-state index is 12.3. The molecule has 1 heterocycles. The second kappa shape index (κ2) is 4.45. The first-order valence-corrected chi connectivity index (χ1v) is 6.81. The van der Waals surface area contributed by atoms with Crippen molar-refractivity contribution in [2.24, 2.45) is 23.6 Å². The van der Waals surface area contributed by atoms with E-state index in [0.717, 1.165) is 0 Å². The van der Waals surface area contributed by atoms with Crippen LogP contribution in [0.15, 0.2) is 23.1 Å². The van der Waals surface area contributed by atoms with Gasteiger partial charge >= 0.3 is 0 Å². The summed E-state index contributed by atoms with van der Waals surface area (Å²) in [4.78, 5) is 23.9. The molecule has 20 heavy (non-hydrogen) atoms. The molecule has 1 aliphatic carbocycles. The Morgan fingerprint density at radius 1 is 1.30 bits per heavy atom. The molecule has 5 heteroatoms. The quantitative estimate of drug-likeness (QED) is 0.842. The largest absolute Gasteiger partial charge is 0.348 e. The second-order valence-corrected chi connectivity index (χ2v) is 6.89. The first-order valence-electron chi connectivity index (χ1n) is 6.81. The van der Waals surface area contributed by atoms with E-state index in [-0.39, 0.29) is 34.4 Å². The molecule has 1 fully saturated rings. The average molecular weight is 277 g/mol. The summed E-state index contributed by atoms with van der Waals surface area (Å²) in [6, 6.07) is 3.02. The van der Waals surface area contributed by atoms with Crippen LogP contribution in [0, 0.1) is 10.8 Å². The number of aromatic nitrogens is 1. The summed E-state index contributed by atoms with van der Waals surface area (Å²) in [5.41, 5.74) is 6.07. The molecular formula is C15H23N3O2. The molecule has 1 amide bonds. The third-order valence-electron chi connectivity index (χ3n) is 4.73. The van der Waals surface area contributed by atoms with Crippen molar-refractivity contribution in [3.63, 3.8) is 0 Å². The molecule has 1 saturated carbocycles. The predicted octanol–water partition coefficient (Wildman–Crippen LogP) is 0.877. The molecule has 0 bridgehead atoms. The van der Waals surface area contributed by atoms with Gasteiger partial charge in [0.2, 0.25) is 0 Å². The maximum Gasteiger partial charge on any atom is 0.251 e. The van der Waals surface area contributed by atoms with Gasteiger partial charge in [-0.25, -0.2) is 0 Å². The highest BCUT2D eigenvalue weighted by Crippen LogP contribution is 2.52. The van der Waals surface area contributed by atoms with E-state index >= 15 is 0 Å². The van der Waals surface area contributed by atoms with Gasteiger partial charge in [0.15, 0.2) is 0 Å². The Bertz CT molecular complexity index is 585. The van der Waals surface area contributed by atoms with Crippen molar-refractivity contribution in [3.05, 3.63) is 34.2 Å².